The van der Waals surface area contributed by atoms with Crippen LogP contribution in [0.2, 0.25) is 0 Å². The summed E-state index contributed by atoms with van der Waals surface area (Å²) < 4.78 is 5.81. The van der Waals surface area contributed by atoms with E-state index < -0.39 is 0 Å². The van der Waals surface area contributed by atoms with Crippen LogP contribution in [-0.4, -0.2) is 12.3 Å². The fourth-order valence-corrected chi connectivity index (χ4v) is 2.59. The molecule has 3 nitrogen and oxygen atoms in total. The van der Waals surface area contributed by atoms with Crippen LogP contribution in [0.5, 0.6) is 0 Å². The molecular formula is C17H18N2O. The molecule has 2 heterocycles. The van der Waals surface area contributed by atoms with Gasteiger partial charge >= 0.3 is 0 Å². The Balaban J connectivity index is 1.75. The first-order valence-electron chi connectivity index (χ1n) is 6.75. The third-order valence-corrected chi connectivity index (χ3v) is 3.91. The highest BCUT2D eigenvalue weighted by Crippen LogP contribution is 2.39. The van der Waals surface area contributed by atoms with Crippen LogP contribution in [0.15, 0.2) is 71.7 Å². The van der Waals surface area contributed by atoms with Gasteiger partial charge in [0.15, 0.2) is 0 Å². The number of nitrogens with zero attached hydrogens (tertiary/aromatic N) is 1. The summed E-state index contributed by atoms with van der Waals surface area (Å²) in [5, 5.41) is 3.31. The van der Waals surface area contributed by atoms with E-state index in [1.165, 1.54) is 0 Å². The molecule has 0 aliphatic carbocycles. The molecule has 0 fully saturated rings. The first-order chi connectivity index (χ1) is 9.72. The predicted molar refractivity (Wildman–Crippen MR) is 81.1 cm³/mol. The predicted octanol–water partition coefficient (Wildman–Crippen LogP) is 3.18. The number of rotatable bonds is 4. The zero-order valence-corrected chi connectivity index (χ0v) is 11.5. The van der Waals surface area contributed by atoms with E-state index in [-0.39, 0.29) is 11.5 Å². The molecule has 3 heteroatoms. The lowest BCUT2D eigenvalue weighted by Crippen LogP contribution is -2.38. The van der Waals surface area contributed by atoms with Gasteiger partial charge in [0, 0.05) is 17.8 Å². The van der Waals surface area contributed by atoms with E-state index in [9.17, 15) is 0 Å². The van der Waals surface area contributed by atoms with Crippen LogP contribution in [-0.2, 0) is 11.3 Å². The van der Waals surface area contributed by atoms with Gasteiger partial charge in [0.2, 0.25) is 5.88 Å². The summed E-state index contributed by atoms with van der Waals surface area (Å²) in [5.74, 6) is 0.670. The Labute approximate surface area is 119 Å². The van der Waals surface area contributed by atoms with Gasteiger partial charge in [0.05, 0.1) is 6.04 Å². The molecule has 1 aromatic rings. The van der Waals surface area contributed by atoms with Crippen molar-refractivity contribution in [2.75, 3.05) is 0 Å². The van der Waals surface area contributed by atoms with Gasteiger partial charge in [-0.1, -0.05) is 43.0 Å². The van der Waals surface area contributed by atoms with Gasteiger partial charge in [-0.25, -0.2) is 4.99 Å². The Bertz CT molecular complexity index is 601. The third kappa shape index (κ3) is 2.16. The summed E-state index contributed by atoms with van der Waals surface area (Å²) in [6.45, 7) is 6.58. The molecule has 2 aliphatic heterocycles. The highest BCUT2D eigenvalue weighted by atomic mass is 16.5. The lowest BCUT2D eigenvalue weighted by Gasteiger charge is -2.30. The van der Waals surface area contributed by atoms with Crippen LogP contribution >= 0.6 is 0 Å². The highest BCUT2D eigenvalue weighted by molar-refractivity contribution is 5.73. The molecule has 0 aromatic heterocycles. The van der Waals surface area contributed by atoms with Gasteiger partial charge in [-0.3, -0.25) is 0 Å². The Morgan fingerprint density at radius 1 is 1.40 bits per heavy atom. The maximum Gasteiger partial charge on any atom is 0.210 e. The quantitative estimate of drug-likeness (QED) is 0.908. The minimum Gasteiger partial charge on any atom is -0.473 e. The number of fused-ring (bicyclic) bond motifs is 1. The smallest absolute Gasteiger partial charge is 0.210 e. The summed E-state index contributed by atoms with van der Waals surface area (Å²) >= 11 is 0. The van der Waals surface area contributed by atoms with Gasteiger partial charge in [0.1, 0.15) is 6.61 Å². The first-order valence-corrected chi connectivity index (χ1v) is 6.75. The van der Waals surface area contributed by atoms with E-state index in [2.05, 4.69) is 29.9 Å². The van der Waals surface area contributed by atoms with E-state index in [0.717, 1.165) is 11.1 Å². The topological polar surface area (TPSA) is 33.6 Å². The van der Waals surface area contributed by atoms with Gasteiger partial charge in [0.25, 0.3) is 0 Å². The molecule has 0 spiro atoms. The summed E-state index contributed by atoms with van der Waals surface area (Å²) in [6, 6.07) is 10.3. The molecule has 0 amide bonds. The van der Waals surface area contributed by atoms with Crippen molar-refractivity contribution in [2.24, 2.45) is 10.4 Å². The van der Waals surface area contributed by atoms with E-state index in [1.54, 1.807) is 0 Å². The number of hydrogen-bond donors (Lipinski definition) is 1. The van der Waals surface area contributed by atoms with Gasteiger partial charge in [-0.15, -0.1) is 0 Å². The minimum absolute atomic E-state index is 0.129. The molecular weight excluding hydrogens is 248 g/mol. The van der Waals surface area contributed by atoms with Gasteiger partial charge in [-0.05, 0) is 24.1 Å². The monoisotopic (exact) mass is 266 g/mol. The van der Waals surface area contributed by atoms with Crippen molar-refractivity contribution < 1.29 is 4.74 Å². The largest absolute Gasteiger partial charge is 0.473 e. The molecule has 0 saturated heterocycles. The van der Waals surface area contributed by atoms with Crippen molar-refractivity contribution in [1.82, 2.24) is 5.32 Å². The number of allylic oxidation sites excluding steroid dienone is 1. The maximum atomic E-state index is 5.81. The second kappa shape index (κ2) is 5.00. The molecule has 2 atom stereocenters. The molecule has 0 radical (unpaired) electrons. The molecule has 1 N–H and O–H groups in total. The lowest BCUT2D eigenvalue weighted by molar-refractivity contribution is 0.189. The Hall–Kier alpha value is -2.29. The molecule has 0 saturated carbocycles. The fourth-order valence-electron chi connectivity index (χ4n) is 2.59. The van der Waals surface area contributed by atoms with Crippen molar-refractivity contribution in [2.45, 2.75) is 19.6 Å². The second-order valence-electron chi connectivity index (χ2n) is 5.27. The van der Waals surface area contributed by atoms with Crippen molar-refractivity contribution >= 4 is 6.21 Å². The Kier molecular flexibility index (Phi) is 3.18. The van der Waals surface area contributed by atoms with Crippen LogP contribution in [0.1, 0.15) is 12.5 Å². The first kappa shape index (κ1) is 12.7. The van der Waals surface area contributed by atoms with Crippen LogP contribution in [0.25, 0.3) is 0 Å². The average molecular weight is 266 g/mol. The number of benzene rings is 1. The molecule has 20 heavy (non-hydrogen) atoms. The van der Waals surface area contributed by atoms with Crippen molar-refractivity contribution in [3.63, 3.8) is 0 Å². The molecule has 102 valence electrons. The van der Waals surface area contributed by atoms with Gasteiger partial charge < -0.3 is 10.1 Å². The van der Waals surface area contributed by atoms with E-state index in [1.807, 2.05) is 48.8 Å². The average Bonchev–Trinajstić information content (AvgIpc) is 2.81. The highest BCUT2D eigenvalue weighted by Gasteiger charge is 2.40. The molecule has 1 aromatic carbocycles. The fraction of sp³-hybridized carbons (Fsp3) is 0.235. The van der Waals surface area contributed by atoms with E-state index >= 15 is 0 Å². The molecule has 0 bridgehead atoms. The number of nitrogens with one attached hydrogen (secondary N) is 1. The summed E-state index contributed by atoms with van der Waals surface area (Å²) in [6.07, 6.45) is 7.87. The van der Waals surface area contributed by atoms with Crippen LogP contribution < -0.4 is 5.32 Å². The Morgan fingerprint density at radius 2 is 2.20 bits per heavy atom. The van der Waals surface area contributed by atoms with Crippen LogP contribution in [0, 0.1) is 5.41 Å². The lowest BCUT2D eigenvalue weighted by atomic mass is 9.77. The summed E-state index contributed by atoms with van der Waals surface area (Å²) in [4.78, 5) is 4.38. The van der Waals surface area contributed by atoms with Crippen molar-refractivity contribution in [3.8, 4) is 0 Å². The Morgan fingerprint density at radius 3 is 2.95 bits per heavy atom. The van der Waals surface area contributed by atoms with Crippen LogP contribution in [0.4, 0.5) is 0 Å². The third-order valence-electron chi connectivity index (χ3n) is 3.91. The second-order valence-corrected chi connectivity index (χ2v) is 5.27. The van der Waals surface area contributed by atoms with Crippen LogP contribution in [0.3, 0.4) is 0 Å². The van der Waals surface area contributed by atoms with Gasteiger partial charge in [-0.2, -0.15) is 0 Å². The number of ether oxygens (including phenoxy) is 1. The van der Waals surface area contributed by atoms with E-state index in [4.69, 9.17) is 4.74 Å². The SMILES string of the molecule is C=CC1=CNC2C=NC(OCc3ccccc3)=CC12C. The normalized spacial score (nSPS) is 27.1. The molecule has 2 aliphatic rings. The summed E-state index contributed by atoms with van der Waals surface area (Å²) in [5.41, 5.74) is 2.17. The standard InChI is InChI=1S/C17H18N2O/c1-3-14-10-18-15-11-19-16(9-17(14,15)2)20-12-13-7-5-4-6-8-13/h3-11,15,18H,1,12H2,2H3. The van der Waals surface area contributed by atoms with Crippen molar-refractivity contribution in [1.29, 1.82) is 0 Å². The zero-order valence-electron chi connectivity index (χ0n) is 11.5. The molecule has 2 unspecified atom stereocenters. The zero-order chi connectivity index (χ0) is 14.0. The maximum absolute atomic E-state index is 5.81. The number of hydrogen-bond acceptors (Lipinski definition) is 3. The minimum atomic E-state index is -0.129. The van der Waals surface area contributed by atoms with Crippen molar-refractivity contribution in [3.05, 3.63) is 72.3 Å². The summed E-state index contributed by atoms with van der Waals surface area (Å²) in [7, 11) is 0. The van der Waals surface area contributed by atoms with E-state index in [0.29, 0.717) is 12.5 Å². The molecule has 3 rings (SSSR count). The number of aliphatic imine (C=N–C) groups is 1.